The predicted molar refractivity (Wildman–Crippen MR) is 158 cm³/mol. The Morgan fingerprint density at radius 3 is 1.10 bits per heavy atom. The quantitative estimate of drug-likeness (QED) is 0.224. The fourth-order valence-corrected chi connectivity index (χ4v) is 4.78. The normalized spacial score (nSPS) is 11.3. The van der Waals surface area contributed by atoms with Gasteiger partial charge in [0.15, 0.2) is 0 Å². The molecule has 0 aliphatic carbocycles. The van der Waals surface area contributed by atoms with E-state index < -0.39 is 0 Å². The van der Waals surface area contributed by atoms with Crippen molar-refractivity contribution in [3.05, 3.63) is 81.9 Å². The third kappa shape index (κ3) is 5.63. The van der Waals surface area contributed by atoms with Crippen molar-refractivity contribution in [2.24, 2.45) is 0 Å². The molecule has 4 aromatic rings. The molecule has 40 heavy (non-hydrogen) atoms. The van der Waals surface area contributed by atoms with Gasteiger partial charge in [-0.3, -0.25) is 0 Å². The monoisotopic (exact) mass is 532 g/mol. The molecule has 0 aliphatic rings. The summed E-state index contributed by atoms with van der Waals surface area (Å²) >= 11 is 0. The van der Waals surface area contributed by atoms with Crippen LogP contribution in [0, 0.1) is 22.7 Å². The second-order valence-corrected chi connectivity index (χ2v) is 11.3. The lowest BCUT2D eigenvalue weighted by atomic mass is 9.94. The standard InChI is InChI=1S/C34H36N4O2/c1-19(2)25-11-9-12-26(20(3)4)31(25)39-33-34(38-30-16-24(18-36)23(17-35)15-29(30)37-33)40-32-27(21(5)6)13-10-14-28(32)22(7)8/h9-16,19-22H,1-8H3. The minimum absolute atomic E-state index is 0.212. The van der Waals surface area contributed by atoms with E-state index in [1.165, 1.54) is 0 Å². The van der Waals surface area contributed by atoms with Gasteiger partial charge in [-0.25, -0.2) is 9.97 Å². The lowest BCUT2D eigenvalue weighted by Crippen LogP contribution is -2.06. The molecule has 4 rings (SSSR count). The Balaban J connectivity index is 2.01. The number of hydrogen-bond acceptors (Lipinski definition) is 6. The predicted octanol–water partition coefficient (Wildman–Crippen LogP) is 9.45. The number of nitriles is 2. The number of para-hydroxylation sites is 2. The molecule has 0 N–H and O–H groups in total. The van der Waals surface area contributed by atoms with Gasteiger partial charge in [-0.2, -0.15) is 10.5 Å². The van der Waals surface area contributed by atoms with Crippen molar-refractivity contribution >= 4 is 11.0 Å². The van der Waals surface area contributed by atoms with Crippen LogP contribution in [0.25, 0.3) is 11.0 Å². The molecule has 1 heterocycles. The van der Waals surface area contributed by atoms with E-state index in [-0.39, 0.29) is 46.6 Å². The molecule has 0 radical (unpaired) electrons. The highest BCUT2D eigenvalue weighted by Crippen LogP contribution is 2.43. The number of fused-ring (bicyclic) bond motifs is 1. The summed E-state index contributed by atoms with van der Waals surface area (Å²) in [5.41, 5.74) is 5.61. The topological polar surface area (TPSA) is 91.8 Å². The van der Waals surface area contributed by atoms with Gasteiger partial charge >= 0.3 is 0 Å². The minimum atomic E-state index is 0.212. The van der Waals surface area contributed by atoms with E-state index in [9.17, 15) is 10.5 Å². The molecule has 0 saturated heterocycles. The van der Waals surface area contributed by atoms with Crippen molar-refractivity contribution < 1.29 is 9.47 Å². The molecule has 0 spiro atoms. The number of ether oxygens (including phenoxy) is 2. The Bertz CT molecular complexity index is 1460. The van der Waals surface area contributed by atoms with Gasteiger partial charge in [0, 0.05) is 0 Å². The van der Waals surface area contributed by atoms with Gasteiger partial charge in [0.2, 0.25) is 0 Å². The van der Waals surface area contributed by atoms with Crippen molar-refractivity contribution in [1.29, 1.82) is 10.5 Å². The first kappa shape index (κ1) is 28.6. The molecule has 6 heteroatoms. The fraction of sp³-hybridized carbons (Fsp3) is 0.353. The van der Waals surface area contributed by atoms with E-state index in [1.54, 1.807) is 12.1 Å². The van der Waals surface area contributed by atoms with Crippen LogP contribution < -0.4 is 9.47 Å². The zero-order valence-electron chi connectivity index (χ0n) is 24.5. The average Bonchev–Trinajstić information content (AvgIpc) is 2.92. The lowest BCUT2D eigenvalue weighted by molar-refractivity contribution is 0.382. The summed E-state index contributed by atoms with van der Waals surface area (Å²) in [6.45, 7) is 17.0. The first-order valence-corrected chi connectivity index (χ1v) is 13.8. The first-order chi connectivity index (χ1) is 19.0. The SMILES string of the molecule is CC(C)c1cccc(C(C)C)c1Oc1nc2cc(C#N)c(C#N)cc2nc1Oc1c(C(C)C)cccc1C(C)C. The molecule has 0 saturated carbocycles. The van der Waals surface area contributed by atoms with Gasteiger partial charge in [-0.05, 0) is 58.1 Å². The van der Waals surface area contributed by atoms with Gasteiger partial charge in [-0.15, -0.1) is 0 Å². The van der Waals surface area contributed by atoms with Crippen molar-refractivity contribution in [3.8, 4) is 35.4 Å². The third-order valence-electron chi connectivity index (χ3n) is 7.02. The van der Waals surface area contributed by atoms with Gasteiger partial charge in [0.1, 0.15) is 23.6 Å². The van der Waals surface area contributed by atoms with Gasteiger partial charge in [0.25, 0.3) is 11.8 Å². The molecule has 204 valence electrons. The summed E-state index contributed by atoms with van der Waals surface area (Å²) in [7, 11) is 0. The smallest absolute Gasteiger partial charge is 0.284 e. The van der Waals surface area contributed by atoms with Crippen LogP contribution in [0.4, 0.5) is 0 Å². The second kappa shape index (κ2) is 11.8. The Morgan fingerprint density at radius 1 is 0.550 bits per heavy atom. The van der Waals surface area contributed by atoms with E-state index in [2.05, 4.69) is 104 Å². The van der Waals surface area contributed by atoms with E-state index in [1.807, 2.05) is 0 Å². The molecule has 0 atom stereocenters. The van der Waals surface area contributed by atoms with Crippen molar-refractivity contribution in [2.45, 2.75) is 79.1 Å². The summed E-state index contributed by atoms with van der Waals surface area (Å²) in [5.74, 6) is 2.75. The van der Waals surface area contributed by atoms with Gasteiger partial charge in [-0.1, -0.05) is 91.8 Å². The minimum Gasteiger partial charge on any atom is -0.434 e. The zero-order chi connectivity index (χ0) is 29.1. The molecular formula is C34H36N4O2. The van der Waals surface area contributed by atoms with Gasteiger partial charge in [0.05, 0.1) is 22.2 Å². The maximum Gasteiger partial charge on any atom is 0.284 e. The van der Waals surface area contributed by atoms with Gasteiger partial charge < -0.3 is 9.47 Å². The van der Waals surface area contributed by atoms with Crippen LogP contribution in [-0.2, 0) is 0 Å². The molecule has 0 bridgehead atoms. The van der Waals surface area contributed by atoms with E-state index >= 15 is 0 Å². The molecule has 0 unspecified atom stereocenters. The molecule has 3 aromatic carbocycles. The number of hydrogen-bond donors (Lipinski definition) is 0. The molecule has 1 aromatic heterocycles. The largest absolute Gasteiger partial charge is 0.434 e. The van der Waals surface area contributed by atoms with E-state index in [4.69, 9.17) is 19.4 Å². The maximum atomic E-state index is 9.62. The van der Waals surface area contributed by atoms with Crippen LogP contribution in [0.3, 0.4) is 0 Å². The molecule has 0 amide bonds. The highest BCUT2D eigenvalue weighted by atomic mass is 16.5. The van der Waals surface area contributed by atoms with Crippen molar-refractivity contribution in [2.75, 3.05) is 0 Å². The number of nitrogens with zero attached hydrogens (tertiary/aromatic N) is 4. The fourth-order valence-electron chi connectivity index (χ4n) is 4.78. The van der Waals surface area contributed by atoms with E-state index in [0.29, 0.717) is 11.0 Å². The highest BCUT2D eigenvalue weighted by molar-refractivity contribution is 5.80. The van der Waals surface area contributed by atoms with Crippen LogP contribution >= 0.6 is 0 Å². The van der Waals surface area contributed by atoms with Crippen molar-refractivity contribution in [3.63, 3.8) is 0 Å². The summed E-state index contributed by atoms with van der Waals surface area (Å²) in [6, 6.07) is 19.7. The summed E-state index contributed by atoms with van der Waals surface area (Å²) < 4.78 is 13.3. The average molecular weight is 533 g/mol. The first-order valence-electron chi connectivity index (χ1n) is 13.8. The Morgan fingerprint density at radius 2 is 0.850 bits per heavy atom. The summed E-state index contributed by atoms with van der Waals surface area (Å²) in [6.07, 6.45) is 0. The van der Waals surface area contributed by atoms with Crippen LogP contribution in [0.5, 0.6) is 23.3 Å². The second-order valence-electron chi connectivity index (χ2n) is 11.3. The van der Waals surface area contributed by atoms with Crippen molar-refractivity contribution in [1.82, 2.24) is 9.97 Å². The lowest BCUT2D eigenvalue weighted by Gasteiger charge is -2.22. The Kier molecular flexibility index (Phi) is 8.40. The zero-order valence-corrected chi connectivity index (χ0v) is 24.5. The Hall–Kier alpha value is -4.42. The summed E-state index contributed by atoms with van der Waals surface area (Å²) in [4.78, 5) is 9.66. The van der Waals surface area contributed by atoms with Crippen LogP contribution in [0.1, 0.15) is 112 Å². The molecular weight excluding hydrogens is 496 g/mol. The Labute approximate surface area is 237 Å². The third-order valence-corrected chi connectivity index (χ3v) is 7.02. The van der Waals surface area contributed by atoms with E-state index in [0.717, 1.165) is 33.8 Å². The highest BCUT2D eigenvalue weighted by Gasteiger charge is 2.24. The summed E-state index contributed by atoms with van der Waals surface area (Å²) in [5, 5.41) is 19.2. The number of benzene rings is 3. The number of aromatic nitrogens is 2. The molecule has 0 fully saturated rings. The molecule has 6 nitrogen and oxygen atoms in total. The maximum absolute atomic E-state index is 9.62. The van der Waals surface area contributed by atoms with Crippen LogP contribution in [0.2, 0.25) is 0 Å². The van der Waals surface area contributed by atoms with Crippen LogP contribution in [0.15, 0.2) is 48.5 Å². The van der Waals surface area contributed by atoms with Crippen LogP contribution in [-0.4, -0.2) is 9.97 Å². The molecule has 0 aliphatic heterocycles. The number of rotatable bonds is 8.